The van der Waals surface area contributed by atoms with Crippen molar-refractivity contribution in [1.29, 1.82) is 0 Å². The number of hydrogen-bond donors (Lipinski definition) is 1. The van der Waals surface area contributed by atoms with E-state index >= 15 is 0 Å². The molecule has 1 amide bonds. The summed E-state index contributed by atoms with van der Waals surface area (Å²) in [6.07, 6.45) is 8.32. The molecule has 128 valence electrons. The Morgan fingerprint density at radius 2 is 1.74 bits per heavy atom. The summed E-state index contributed by atoms with van der Waals surface area (Å²) in [5.41, 5.74) is 0. The van der Waals surface area contributed by atoms with Crippen LogP contribution in [0.3, 0.4) is 0 Å². The van der Waals surface area contributed by atoms with Crippen molar-refractivity contribution in [2.24, 2.45) is 29.6 Å². The number of esters is 1. The van der Waals surface area contributed by atoms with Crippen LogP contribution < -0.4 is 5.32 Å². The SMILES string of the molecule is O=C(COC(=O)C1C2CC3CC(C2)CC1C3)NC[C@H]1CCCO1. The highest BCUT2D eigenvalue weighted by atomic mass is 16.5. The second-order valence-electron chi connectivity index (χ2n) is 8.00. The van der Waals surface area contributed by atoms with Crippen LogP contribution in [0.5, 0.6) is 0 Å². The second-order valence-corrected chi connectivity index (χ2v) is 8.00. The van der Waals surface area contributed by atoms with Crippen molar-refractivity contribution < 1.29 is 19.1 Å². The first-order valence-corrected chi connectivity index (χ1v) is 9.24. The van der Waals surface area contributed by atoms with Gasteiger partial charge in [-0.05, 0) is 68.6 Å². The largest absolute Gasteiger partial charge is 0.455 e. The highest BCUT2D eigenvalue weighted by Gasteiger charge is 2.51. The van der Waals surface area contributed by atoms with Gasteiger partial charge in [-0.15, -0.1) is 0 Å². The number of carbonyl (C=O) groups is 2. The van der Waals surface area contributed by atoms with E-state index in [1.165, 1.54) is 32.1 Å². The molecule has 5 nitrogen and oxygen atoms in total. The minimum Gasteiger partial charge on any atom is -0.455 e. The van der Waals surface area contributed by atoms with Crippen LogP contribution in [0.1, 0.15) is 44.9 Å². The zero-order valence-corrected chi connectivity index (χ0v) is 13.7. The molecule has 0 aromatic heterocycles. The average Bonchev–Trinajstić information content (AvgIpc) is 3.03. The fourth-order valence-electron chi connectivity index (χ4n) is 5.63. The van der Waals surface area contributed by atoms with E-state index in [0.29, 0.717) is 18.4 Å². The van der Waals surface area contributed by atoms with Crippen LogP contribution in [0, 0.1) is 29.6 Å². The quantitative estimate of drug-likeness (QED) is 0.786. The predicted molar refractivity (Wildman–Crippen MR) is 83.5 cm³/mol. The third-order valence-corrected chi connectivity index (χ3v) is 6.40. The molecule has 0 radical (unpaired) electrons. The van der Waals surface area contributed by atoms with Gasteiger partial charge >= 0.3 is 5.97 Å². The van der Waals surface area contributed by atoms with Crippen molar-refractivity contribution in [3.63, 3.8) is 0 Å². The highest BCUT2D eigenvalue weighted by Crippen LogP contribution is 2.56. The number of amides is 1. The molecule has 5 fully saturated rings. The Hall–Kier alpha value is -1.10. The minimum atomic E-state index is -0.210. The van der Waals surface area contributed by atoms with Gasteiger partial charge in [-0.2, -0.15) is 0 Å². The molecule has 0 unspecified atom stereocenters. The van der Waals surface area contributed by atoms with Crippen molar-refractivity contribution in [3.8, 4) is 0 Å². The zero-order chi connectivity index (χ0) is 15.8. The summed E-state index contributed by atoms with van der Waals surface area (Å²) in [7, 11) is 0. The second kappa shape index (κ2) is 6.42. The van der Waals surface area contributed by atoms with Crippen LogP contribution in [0.25, 0.3) is 0 Å². The first-order valence-electron chi connectivity index (χ1n) is 9.24. The minimum absolute atomic E-state index is 0.0498. The highest BCUT2D eigenvalue weighted by molar-refractivity contribution is 5.81. The van der Waals surface area contributed by atoms with E-state index in [1.807, 2.05) is 0 Å². The summed E-state index contributed by atoms with van der Waals surface area (Å²) in [6.45, 7) is 1.16. The van der Waals surface area contributed by atoms with E-state index in [4.69, 9.17) is 9.47 Å². The van der Waals surface area contributed by atoms with Crippen LogP contribution in [0.2, 0.25) is 0 Å². The van der Waals surface area contributed by atoms with Crippen molar-refractivity contribution >= 4 is 11.9 Å². The van der Waals surface area contributed by atoms with Gasteiger partial charge < -0.3 is 14.8 Å². The predicted octanol–water partition coefficient (Wildman–Crippen LogP) is 1.90. The molecule has 4 saturated carbocycles. The molecule has 1 aliphatic heterocycles. The lowest BCUT2D eigenvalue weighted by Crippen LogP contribution is -2.48. The topological polar surface area (TPSA) is 64.6 Å². The number of hydrogen-bond acceptors (Lipinski definition) is 4. The molecule has 1 saturated heterocycles. The maximum Gasteiger partial charge on any atom is 0.310 e. The molecule has 5 rings (SSSR count). The number of nitrogens with one attached hydrogen (secondary N) is 1. The van der Waals surface area contributed by atoms with Gasteiger partial charge in [0, 0.05) is 13.2 Å². The fourth-order valence-corrected chi connectivity index (χ4v) is 5.63. The summed E-state index contributed by atoms with van der Waals surface area (Å²) in [5, 5.41) is 2.81. The fraction of sp³-hybridized carbons (Fsp3) is 0.889. The third kappa shape index (κ3) is 3.25. The van der Waals surface area contributed by atoms with Gasteiger partial charge in [0.15, 0.2) is 6.61 Å². The summed E-state index contributed by atoms with van der Waals surface area (Å²) >= 11 is 0. The first-order chi connectivity index (χ1) is 11.2. The Labute approximate surface area is 137 Å². The first kappa shape index (κ1) is 15.4. The Kier molecular flexibility index (Phi) is 4.31. The van der Waals surface area contributed by atoms with Crippen molar-refractivity contribution in [3.05, 3.63) is 0 Å². The zero-order valence-electron chi connectivity index (χ0n) is 13.7. The smallest absolute Gasteiger partial charge is 0.310 e. The van der Waals surface area contributed by atoms with Gasteiger partial charge in [0.1, 0.15) is 0 Å². The van der Waals surface area contributed by atoms with Crippen molar-refractivity contribution in [1.82, 2.24) is 5.32 Å². The van der Waals surface area contributed by atoms with E-state index in [1.54, 1.807) is 0 Å². The molecule has 1 atom stereocenters. The molecule has 0 spiro atoms. The van der Waals surface area contributed by atoms with Crippen molar-refractivity contribution in [2.75, 3.05) is 19.8 Å². The molecule has 4 bridgehead atoms. The van der Waals surface area contributed by atoms with Crippen LogP contribution >= 0.6 is 0 Å². The molecule has 5 heteroatoms. The van der Waals surface area contributed by atoms with Crippen LogP contribution in [-0.2, 0) is 19.1 Å². The molecule has 1 N–H and O–H groups in total. The Bertz CT molecular complexity index is 444. The van der Waals surface area contributed by atoms with Gasteiger partial charge in [0.2, 0.25) is 0 Å². The molecular formula is C18H27NO4. The van der Waals surface area contributed by atoms with Gasteiger partial charge in [0.25, 0.3) is 5.91 Å². The van der Waals surface area contributed by atoms with E-state index < -0.39 is 0 Å². The normalized spacial score (nSPS) is 41.0. The van der Waals surface area contributed by atoms with Gasteiger partial charge in [0.05, 0.1) is 12.0 Å². The van der Waals surface area contributed by atoms with Crippen LogP contribution in [0.15, 0.2) is 0 Å². The Morgan fingerprint density at radius 3 is 2.35 bits per heavy atom. The van der Waals surface area contributed by atoms with Crippen molar-refractivity contribution in [2.45, 2.75) is 51.0 Å². The van der Waals surface area contributed by atoms with Crippen LogP contribution in [-0.4, -0.2) is 37.7 Å². The summed E-state index contributed by atoms with van der Waals surface area (Å²) in [6, 6.07) is 0. The summed E-state index contributed by atoms with van der Waals surface area (Å²) < 4.78 is 10.8. The van der Waals surface area contributed by atoms with E-state index in [9.17, 15) is 9.59 Å². The lowest BCUT2D eigenvalue weighted by molar-refractivity contribution is -0.164. The molecule has 1 heterocycles. The molecule has 0 aromatic rings. The van der Waals surface area contributed by atoms with Crippen LogP contribution in [0.4, 0.5) is 0 Å². The Balaban J connectivity index is 1.23. The average molecular weight is 321 g/mol. The lowest BCUT2D eigenvalue weighted by Gasteiger charge is -2.53. The molecule has 0 aromatic carbocycles. The van der Waals surface area contributed by atoms with Gasteiger partial charge in [-0.3, -0.25) is 9.59 Å². The van der Waals surface area contributed by atoms with E-state index in [0.717, 1.165) is 31.3 Å². The molecular weight excluding hydrogens is 294 g/mol. The van der Waals surface area contributed by atoms with E-state index in [-0.39, 0.29) is 30.5 Å². The van der Waals surface area contributed by atoms with Gasteiger partial charge in [-0.1, -0.05) is 0 Å². The maximum absolute atomic E-state index is 12.5. The summed E-state index contributed by atoms with van der Waals surface area (Å²) in [5.74, 6) is 2.41. The third-order valence-electron chi connectivity index (χ3n) is 6.40. The molecule has 4 aliphatic carbocycles. The Morgan fingerprint density at radius 1 is 1.04 bits per heavy atom. The summed E-state index contributed by atoms with van der Waals surface area (Å²) in [4.78, 5) is 24.3. The van der Waals surface area contributed by atoms with E-state index in [2.05, 4.69) is 5.32 Å². The monoisotopic (exact) mass is 321 g/mol. The lowest BCUT2D eigenvalue weighted by atomic mass is 9.52. The van der Waals surface area contributed by atoms with Gasteiger partial charge in [-0.25, -0.2) is 0 Å². The number of rotatable bonds is 5. The molecule has 23 heavy (non-hydrogen) atoms. The molecule has 5 aliphatic rings. The number of ether oxygens (including phenoxy) is 2. The standard InChI is InChI=1S/C18H27NO4/c20-16(19-9-15-2-1-3-22-15)10-23-18(21)17-13-5-11-4-12(7-13)8-14(17)6-11/h11-15,17H,1-10H2,(H,19,20)/t11?,12?,13?,14?,15-,17?/m1/s1. The maximum atomic E-state index is 12.5. The number of carbonyl (C=O) groups excluding carboxylic acids is 2.